The van der Waals surface area contributed by atoms with Crippen LogP contribution in [-0.4, -0.2) is 37.0 Å². The number of nitrogens with two attached hydrogens (primary N) is 1. The van der Waals surface area contributed by atoms with E-state index >= 15 is 0 Å². The molecule has 60 valence electrons. The molecule has 1 fully saturated rings. The van der Waals surface area contributed by atoms with Gasteiger partial charge in [-0.25, -0.2) is 8.78 Å². The van der Waals surface area contributed by atoms with Crippen molar-refractivity contribution in [2.24, 2.45) is 5.73 Å². The SMILES string of the molecule is NCCCN1CC(F)(F)C1. The number of nitrogens with zero attached hydrogens (tertiary/aromatic N) is 1. The Labute approximate surface area is 59.0 Å². The van der Waals surface area contributed by atoms with Crippen molar-refractivity contribution in [2.75, 3.05) is 26.2 Å². The predicted octanol–water partition coefficient (Wildman–Crippen LogP) is 0.286. The van der Waals surface area contributed by atoms with Crippen molar-refractivity contribution in [2.45, 2.75) is 12.3 Å². The van der Waals surface area contributed by atoms with Gasteiger partial charge in [0.2, 0.25) is 0 Å². The van der Waals surface area contributed by atoms with Crippen LogP contribution in [0.3, 0.4) is 0 Å². The number of halogens is 2. The second kappa shape index (κ2) is 2.80. The van der Waals surface area contributed by atoms with Crippen LogP contribution in [0.25, 0.3) is 0 Å². The number of hydrogen-bond acceptors (Lipinski definition) is 2. The Bertz CT molecular complexity index is 108. The van der Waals surface area contributed by atoms with E-state index in [4.69, 9.17) is 5.73 Å². The lowest BCUT2D eigenvalue weighted by Gasteiger charge is -2.38. The van der Waals surface area contributed by atoms with E-state index in [-0.39, 0.29) is 13.1 Å². The van der Waals surface area contributed by atoms with E-state index in [0.29, 0.717) is 13.1 Å². The van der Waals surface area contributed by atoms with Crippen molar-refractivity contribution in [1.82, 2.24) is 4.90 Å². The first-order valence-electron chi connectivity index (χ1n) is 3.44. The van der Waals surface area contributed by atoms with Gasteiger partial charge in [-0.3, -0.25) is 4.90 Å². The number of rotatable bonds is 3. The van der Waals surface area contributed by atoms with Crippen molar-refractivity contribution in [3.63, 3.8) is 0 Å². The van der Waals surface area contributed by atoms with Crippen LogP contribution in [0.1, 0.15) is 6.42 Å². The van der Waals surface area contributed by atoms with Gasteiger partial charge in [-0.05, 0) is 19.5 Å². The van der Waals surface area contributed by atoms with Gasteiger partial charge < -0.3 is 5.73 Å². The summed E-state index contributed by atoms with van der Waals surface area (Å²) in [6, 6.07) is 0. The highest BCUT2D eigenvalue weighted by atomic mass is 19.3. The molecule has 0 amide bonds. The normalized spacial score (nSPS) is 24.3. The van der Waals surface area contributed by atoms with Crippen LogP contribution >= 0.6 is 0 Å². The predicted molar refractivity (Wildman–Crippen MR) is 35.1 cm³/mol. The molecule has 0 spiro atoms. The zero-order chi connectivity index (χ0) is 7.61. The molecule has 0 radical (unpaired) electrons. The average molecular weight is 150 g/mol. The van der Waals surface area contributed by atoms with Gasteiger partial charge in [-0.2, -0.15) is 0 Å². The molecule has 1 aliphatic heterocycles. The molecular formula is C6H12F2N2. The fourth-order valence-electron chi connectivity index (χ4n) is 1.08. The van der Waals surface area contributed by atoms with Crippen molar-refractivity contribution >= 4 is 0 Å². The largest absolute Gasteiger partial charge is 0.330 e. The van der Waals surface area contributed by atoms with E-state index in [1.165, 1.54) is 0 Å². The van der Waals surface area contributed by atoms with Gasteiger partial charge in [-0.1, -0.05) is 0 Å². The molecule has 0 aromatic rings. The average Bonchev–Trinajstić information content (AvgIpc) is 1.78. The van der Waals surface area contributed by atoms with E-state index in [9.17, 15) is 8.78 Å². The third kappa shape index (κ3) is 1.88. The summed E-state index contributed by atoms with van der Waals surface area (Å²) in [6.45, 7) is 1.15. The Morgan fingerprint density at radius 1 is 1.40 bits per heavy atom. The zero-order valence-corrected chi connectivity index (χ0v) is 5.82. The van der Waals surface area contributed by atoms with E-state index in [2.05, 4.69) is 0 Å². The summed E-state index contributed by atoms with van der Waals surface area (Å²) in [6.07, 6.45) is 0.816. The molecule has 0 bridgehead atoms. The molecule has 2 N–H and O–H groups in total. The third-order valence-electron chi connectivity index (χ3n) is 1.59. The highest BCUT2D eigenvalue weighted by Crippen LogP contribution is 2.25. The lowest BCUT2D eigenvalue weighted by Crippen LogP contribution is -2.56. The zero-order valence-electron chi connectivity index (χ0n) is 5.82. The summed E-state index contributed by atoms with van der Waals surface area (Å²) >= 11 is 0. The van der Waals surface area contributed by atoms with E-state index < -0.39 is 5.92 Å². The molecule has 2 nitrogen and oxygen atoms in total. The van der Waals surface area contributed by atoms with Crippen molar-refractivity contribution in [3.8, 4) is 0 Å². The van der Waals surface area contributed by atoms with E-state index in [0.717, 1.165) is 6.42 Å². The van der Waals surface area contributed by atoms with Gasteiger partial charge in [0.25, 0.3) is 5.92 Å². The molecular weight excluding hydrogens is 138 g/mol. The molecule has 1 rings (SSSR count). The highest BCUT2D eigenvalue weighted by Gasteiger charge is 2.42. The second-order valence-corrected chi connectivity index (χ2v) is 2.71. The lowest BCUT2D eigenvalue weighted by molar-refractivity contribution is -0.130. The summed E-state index contributed by atoms with van der Waals surface area (Å²) in [5, 5.41) is 0. The third-order valence-corrected chi connectivity index (χ3v) is 1.59. The monoisotopic (exact) mass is 150 g/mol. The van der Waals surface area contributed by atoms with Crippen LogP contribution in [0.15, 0.2) is 0 Å². The number of likely N-dealkylation sites (tertiary alicyclic amines) is 1. The number of alkyl halides is 2. The summed E-state index contributed by atoms with van der Waals surface area (Å²) in [4.78, 5) is 1.72. The summed E-state index contributed by atoms with van der Waals surface area (Å²) < 4.78 is 24.3. The van der Waals surface area contributed by atoms with Gasteiger partial charge in [0, 0.05) is 0 Å². The minimum Gasteiger partial charge on any atom is -0.330 e. The Hall–Kier alpha value is -0.220. The molecule has 0 atom stereocenters. The Balaban J connectivity index is 2.03. The maximum atomic E-state index is 12.1. The fraction of sp³-hybridized carbons (Fsp3) is 1.00. The van der Waals surface area contributed by atoms with Gasteiger partial charge in [0.1, 0.15) is 0 Å². The fourth-order valence-corrected chi connectivity index (χ4v) is 1.08. The second-order valence-electron chi connectivity index (χ2n) is 2.71. The first-order chi connectivity index (χ1) is 4.64. The molecule has 0 unspecified atom stereocenters. The van der Waals surface area contributed by atoms with Crippen LogP contribution < -0.4 is 5.73 Å². The van der Waals surface area contributed by atoms with Crippen molar-refractivity contribution in [1.29, 1.82) is 0 Å². The maximum absolute atomic E-state index is 12.1. The van der Waals surface area contributed by atoms with Gasteiger partial charge in [0.05, 0.1) is 13.1 Å². The minimum atomic E-state index is -2.42. The maximum Gasteiger partial charge on any atom is 0.272 e. The Morgan fingerprint density at radius 3 is 2.40 bits per heavy atom. The Morgan fingerprint density at radius 2 is 2.00 bits per heavy atom. The highest BCUT2D eigenvalue weighted by molar-refractivity contribution is 4.86. The van der Waals surface area contributed by atoms with Crippen LogP contribution in [0.2, 0.25) is 0 Å². The van der Waals surface area contributed by atoms with Crippen LogP contribution in [0, 0.1) is 0 Å². The Kier molecular flexibility index (Phi) is 2.21. The van der Waals surface area contributed by atoms with E-state index in [1.807, 2.05) is 0 Å². The molecule has 0 aromatic carbocycles. The molecule has 4 heteroatoms. The molecule has 0 aromatic heterocycles. The van der Waals surface area contributed by atoms with Crippen LogP contribution in [-0.2, 0) is 0 Å². The lowest BCUT2D eigenvalue weighted by atomic mass is 10.1. The van der Waals surface area contributed by atoms with E-state index in [1.54, 1.807) is 4.90 Å². The first kappa shape index (κ1) is 7.88. The van der Waals surface area contributed by atoms with Crippen molar-refractivity contribution in [3.05, 3.63) is 0 Å². The van der Waals surface area contributed by atoms with Gasteiger partial charge in [-0.15, -0.1) is 0 Å². The summed E-state index contributed by atoms with van der Waals surface area (Å²) in [5.74, 6) is -2.42. The quantitative estimate of drug-likeness (QED) is 0.626. The molecule has 1 aliphatic rings. The standard InChI is InChI=1S/C6H12F2N2/c7-6(8)4-10(5-6)3-1-2-9/h1-5,9H2. The molecule has 0 aliphatic carbocycles. The van der Waals surface area contributed by atoms with Crippen molar-refractivity contribution < 1.29 is 8.78 Å². The number of hydrogen-bond donors (Lipinski definition) is 1. The molecule has 10 heavy (non-hydrogen) atoms. The molecule has 0 saturated carbocycles. The molecule has 1 saturated heterocycles. The molecule has 1 heterocycles. The topological polar surface area (TPSA) is 29.3 Å². The van der Waals surface area contributed by atoms with Gasteiger partial charge in [0.15, 0.2) is 0 Å². The summed E-state index contributed by atoms with van der Waals surface area (Å²) in [5.41, 5.74) is 5.21. The van der Waals surface area contributed by atoms with Crippen LogP contribution in [0.5, 0.6) is 0 Å². The van der Waals surface area contributed by atoms with Gasteiger partial charge >= 0.3 is 0 Å². The summed E-state index contributed by atoms with van der Waals surface area (Å²) in [7, 11) is 0. The van der Waals surface area contributed by atoms with Crippen LogP contribution in [0.4, 0.5) is 8.78 Å². The first-order valence-corrected chi connectivity index (χ1v) is 3.44. The minimum absolute atomic E-state index is 0.0764. The smallest absolute Gasteiger partial charge is 0.272 e.